The molecule has 4 saturated carbocycles. The van der Waals surface area contributed by atoms with Crippen molar-refractivity contribution in [2.75, 3.05) is 0 Å². The van der Waals surface area contributed by atoms with Crippen molar-refractivity contribution in [1.82, 2.24) is 0 Å². The number of hydrogen-bond acceptors (Lipinski definition) is 4. The van der Waals surface area contributed by atoms with Crippen LogP contribution >= 0.6 is 0 Å². The molecular weight excluding hydrogens is 388 g/mol. The van der Waals surface area contributed by atoms with Crippen LogP contribution in [0.4, 0.5) is 0 Å². The van der Waals surface area contributed by atoms with E-state index in [4.69, 9.17) is 11.0 Å². The number of primary amides is 1. The van der Waals surface area contributed by atoms with Gasteiger partial charge in [-0.25, -0.2) is 0 Å². The highest BCUT2D eigenvalue weighted by Crippen LogP contribution is 2.68. The van der Waals surface area contributed by atoms with Gasteiger partial charge in [-0.1, -0.05) is 20.8 Å². The van der Waals surface area contributed by atoms with Gasteiger partial charge < -0.3 is 15.9 Å². The molecule has 0 heterocycles. The number of aliphatic hydroxyl groups excluding tert-OH is 2. The standard InChI is InChI=1S/C24H41NO3.C2H3N/c1-14(4-9-22(25)28)18-7-8-19-17-6-5-15-12-16(26)10-11-23(15,2)20(17)13-21(27)24(18,19)3;1-2-3/h14-21,26-27H,4-13H2,1-3H3,(H2,25,28);1H3/t14-,15-,16-,17+,18-,19+,20+,21+,23+,24-;/m1./s1. The number of nitrogens with zero attached hydrogens (tertiary/aromatic N) is 1. The van der Waals surface area contributed by atoms with Crippen molar-refractivity contribution in [2.45, 2.75) is 104 Å². The summed E-state index contributed by atoms with van der Waals surface area (Å²) < 4.78 is 0. The first-order valence-corrected chi connectivity index (χ1v) is 12.5. The SMILES string of the molecule is CC#N.C[C@H](CCC(N)=O)[C@H]1CC[C@H]2[C@@H]3CC[C@@H]4C[C@H](O)CC[C@]4(C)[C@H]3C[C@H](O)[C@]12C. The molecule has 4 fully saturated rings. The van der Waals surface area contributed by atoms with Crippen molar-refractivity contribution >= 4 is 5.91 Å². The molecule has 5 nitrogen and oxygen atoms in total. The van der Waals surface area contributed by atoms with E-state index in [0.29, 0.717) is 41.4 Å². The van der Waals surface area contributed by atoms with E-state index in [1.807, 2.05) is 0 Å². The van der Waals surface area contributed by atoms with Gasteiger partial charge in [0.25, 0.3) is 0 Å². The number of nitrogens with two attached hydrogens (primary N) is 1. The Morgan fingerprint density at radius 1 is 1.13 bits per heavy atom. The Bertz CT molecular complexity index is 691. The monoisotopic (exact) mass is 432 g/mol. The van der Waals surface area contributed by atoms with E-state index in [1.165, 1.54) is 32.6 Å². The van der Waals surface area contributed by atoms with Gasteiger partial charge in [0, 0.05) is 13.3 Å². The lowest BCUT2D eigenvalue weighted by Gasteiger charge is -2.62. The van der Waals surface area contributed by atoms with E-state index in [2.05, 4.69) is 20.8 Å². The Labute approximate surface area is 188 Å². The number of carbonyl (C=O) groups excluding carboxylic acids is 1. The minimum absolute atomic E-state index is 0.0182. The van der Waals surface area contributed by atoms with E-state index in [0.717, 1.165) is 38.0 Å². The van der Waals surface area contributed by atoms with Gasteiger partial charge in [0.05, 0.1) is 18.3 Å². The molecule has 4 rings (SSSR count). The van der Waals surface area contributed by atoms with Crippen LogP contribution in [0, 0.1) is 57.7 Å². The molecule has 0 unspecified atom stereocenters. The molecule has 0 radical (unpaired) electrons. The van der Waals surface area contributed by atoms with Gasteiger partial charge in [-0.3, -0.25) is 4.79 Å². The van der Waals surface area contributed by atoms with Crippen LogP contribution in [0.1, 0.15) is 91.9 Å². The van der Waals surface area contributed by atoms with Gasteiger partial charge in [-0.2, -0.15) is 5.26 Å². The first-order valence-electron chi connectivity index (χ1n) is 12.5. The minimum Gasteiger partial charge on any atom is -0.393 e. The summed E-state index contributed by atoms with van der Waals surface area (Å²) in [6, 6.07) is 1.75. The van der Waals surface area contributed by atoms with Gasteiger partial charge >= 0.3 is 0 Å². The Hall–Kier alpha value is -1.12. The summed E-state index contributed by atoms with van der Waals surface area (Å²) in [6.07, 6.45) is 9.82. The summed E-state index contributed by atoms with van der Waals surface area (Å²) in [5.74, 6) is 3.27. The summed E-state index contributed by atoms with van der Waals surface area (Å²) in [4.78, 5) is 11.3. The zero-order chi connectivity index (χ0) is 23.0. The smallest absolute Gasteiger partial charge is 0.217 e. The molecule has 5 heteroatoms. The zero-order valence-electron chi connectivity index (χ0n) is 20.0. The first kappa shape index (κ1) is 24.5. The number of aliphatic hydroxyl groups is 2. The van der Waals surface area contributed by atoms with Gasteiger partial charge in [0.1, 0.15) is 0 Å². The molecule has 4 aliphatic carbocycles. The third kappa shape index (κ3) is 4.27. The maximum Gasteiger partial charge on any atom is 0.217 e. The predicted molar refractivity (Wildman–Crippen MR) is 121 cm³/mol. The second-order valence-corrected chi connectivity index (χ2v) is 11.6. The third-order valence-electron chi connectivity index (χ3n) is 10.3. The lowest BCUT2D eigenvalue weighted by atomic mass is 9.43. The van der Waals surface area contributed by atoms with Crippen molar-refractivity contribution < 1.29 is 15.0 Å². The summed E-state index contributed by atoms with van der Waals surface area (Å²) in [6.45, 7) is 8.52. The van der Waals surface area contributed by atoms with Crippen LogP contribution in [0.2, 0.25) is 0 Å². The number of rotatable bonds is 4. The topological polar surface area (TPSA) is 107 Å². The molecule has 0 bridgehead atoms. The van der Waals surface area contributed by atoms with Crippen molar-refractivity contribution in [1.29, 1.82) is 5.26 Å². The molecule has 4 N–H and O–H groups in total. The quantitative estimate of drug-likeness (QED) is 0.611. The van der Waals surface area contributed by atoms with Crippen LogP contribution in [0.25, 0.3) is 0 Å². The largest absolute Gasteiger partial charge is 0.393 e. The second kappa shape index (κ2) is 9.40. The minimum atomic E-state index is -0.246. The molecule has 31 heavy (non-hydrogen) atoms. The van der Waals surface area contributed by atoms with Crippen molar-refractivity contribution in [3.8, 4) is 6.07 Å². The van der Waals surface area contributed by atoms with Gasteiger partial charge in [-0.15, -0.1) is 0 Å². The number of fused-ring (bicyclic) bond motifs is 5. The lowest BCUT2D eigenvalue weighted by molar-refractivity contribution is -0.174. The maximum absolute atomic E-state index is 11.5. The Kier molecular flexibility index (Phi) is 7.43. The third-order valence-corrected chi connectivity index (χ3v) is 10.3. The average Bonchev–Trinajstić information content (AvgIpc) is 3.07. The molecule has 0 aromatic carbocycles. The molecule has 0 aromatic rings. The molecule has 0 aliphatic heterocycles. The fourth-order valence-corrected chi connectivity index (χ4v) is 8.73. The normalized spacial score (nSPS) is 46.9. The first-order chi connectivity index (χ1) is 14.6. The summed E-state index contributed by atoms with van der Waals surface area (Å²) in [5, 5.41) is 29.0. The number of amides is 1. The molecule has 0 aromatic heterocycles. The van der Waals surface area contributed by atoms with Crippen LogP contribution in [-0.2, 0) is 4.79 Å². The molecule has 1 amide bonds. The van der Waals surface area contributed by atoms with Crippen molar-refractivity contribution in [3.63, 3.8) is 0 Å². The second-order valence-electron chi connectivity index (χ2n) is 11.6. The predicted octanol–water partition coefficient (Wildman–Crippen LogP) is 4.41. The number of nitriles is 1. The van der Waals surface area contributed by atoms with Crippen LogP contribution in [-0.4, -0.2) is 28.3 Å². The Morgan fingerprint density at radius 2 is 1.81 bits per heavy atom. The number of hydrogen-bond donors (Lipinski definition) is 3. The van der Waals surface area contributed by atoms with E-state index in [-0.39, 0.29) is 23.5 Å². The number of carbonyl (C=O) groups is 1. The van der Waals surface area contributed by atoms with E-state index in [9.17, 15) is 15.0 Å². The molecule has 10 atom stereocenters. The molecule has 0 saturated heterocycles. The molecular formula is C26H44N2O3. The highest BCUT2D eigenvalue weighted by molar-refractivity contribution is 5.73. The summed E-state index contributed by atoms with van der Waals surface area (Å²) in [5.41, 5.74) is 5.67. The highest BCUT2D eigenvalue weighted by atomic mass is 16.3. The zero-order valence-corrected chi connectivity index (χ0v) is 20.0. The summed E-state index contributed by atoms with van der Waals surface area (Å²) in [7, 11) is 0. The van der Waals surface area contributed by atoms with Crippen LogP contribution in [0.5, 0.6) is 0 Å². The van der Waals surface area contributed by atoms with E-state index < -0.39 is 0 Å². The maximum atomic E-state index is 11.5. The Balaban J connectivity index is 0.000000858. The Morgan fingerprint density at radius 3 is 2.45 bits per heavy atom. The molecule has 4 aliphatic rings. The van der Waals surface area contributed by atoms with Gasteiger partial charge in [0.2, 0.25) is 5.91 Å². The average molecular weight is 433 g/mol. The summed E-state index contributed by atoms with van der Waals surface area (Å²) >= 11 is 0. The van der Waals surface area contributed by atoms with E-state index >= 15 is 0 Å². The van der Waals surface area contributed by atoms with Crippen molar-refractivity contribution in [3.05, 3.63) is 0 Å². The highest BCUT2D eigenvalue weighted by Gasteiger charge is 2.63. The molecule has 176 valence electrons. The lowest BCUT2D eigenvalue weighted by Crippen LogP contribution is -2.58. The van der Waals surface area contributed by atoms with Gasteiger partial charge in [0.15, 0.2) is 0 Å². The van der Waals surface area contributed by atoms with Gasteiger partial charge in [-0.05, 0) is 104 Å². The van der Waals surface area contributed by atoms with Crippen molar-refractivity contribution in [2.24, 2.45) is 52.1 Å². The fourth-order valence-electron chi connectivity index (χ4n) is 8.73. The fraction of sp³-hybridized carbons (Fsp3) is 0.923. The van der Waals surface area contributed by atoms with E-state index in [1.54, 1.807) is 6.07 Å². The van der Waals surface area contributed by atoms with Crippen LogP contribution in [0.3, 0.4) is 0 Å². The van der Waals surface area contributed by atoms with Crippen LogP contribution in [0.15, 0.2) is 0 Å². The van der Waals surface area contributed by atoms with Crippen LogP contribution < -0.4 is 5.73 Å². The molecule has 0 spiro atoms.